The lowest BCUT2D eigenvalue weighted by molar-refractivity contribution is -0.121. The second-order valence-corrected chi connectivity index (χ2v) is 5.59. The van der Waals surface area contributed by atoms with Gasteiger partial charge in [-0.3, -0.25) is 4.79 Å². The zero-order valence-electron chi connectivity index (χ0n) is 12.0. The van der Waals surface area contributed by atoms with Crippen LogP contribution in [0.15, 0.2) is 29.6 Å². The smallest absolute Gasteiger partial charge is 0.223 e. The molecule has 0 aliphatic rings. The van der Waals surface area contributed by atoms with E-state index in [1.54, 1.807) is 35.6 Å². The molecule has 6 heteroatoms. The molecule has 21 heavy (non-hydrogen) atoms. The lowest BCUT2D eigenvalue weighted by Crippen LogP contribution is -2.27. The predicted molar refractivity (Wildman–Crippen MR) is 84.5 cm³/mol. The molecule has 0 radical (unpaired) electrons. The van der Waals surface area contributed by atoms with Crippen molar-refractivity contribution >= 4 is 22.9 Å². The monoisotopic (exact) mass is 305 g/mol. The summed E-state index contributed by atoms with van der Waals surface area (Å²) in [5.41, 5.74) is 7.30. The number of amides is 1. The molecule has 0 saturated heterocycles. The Morgan fingerprint density at radius 3 is 2.81 bits per heavy atom. The second kappa shape index (κ2) is 7.64. The highest BCUT2D eigenvalue weighted by molar-refractivity contribution is 7.09. The van der Waals surface area contributed by atoms with Gasteiger partial charge in [0.25, 0.3) is 0 Å². The van der Waals surface area contributed by atoms with E-state index >= 15 is 0 Å². The summed E-state index contributed by atoms with van der Waals surface area (Å²) in [6, 6.07) is 7.12. The van der Waals surface area contributed by atoms with Crippen LogP contribution < -0.4 is 15.8 Å². The minimum absolute atomic E-state index is 0.0151. The van der Waals surface area contributed by atoms with Crippen molar-refractivity contribution in [1.29, 1.82) is 0 Å². The number of anilines is 1. The number of benzene rings is 1. The van der Waals surface area contributed by atoms with Crippen LogP contribution in [0.2, 0.25) is 0 Å². The summed E-state index contributed by atoms with van der Waals surface area (Å²) in [7, 11) is 0. The Hall–Kier alpha value is -2.08. The fraction of sp³-hybridized carbons (Fsp3) is 0.333. The molecule has 0 atom stereocenters. The fourth-order valence-corrected chi connectivity index (χ4v) is 2.52. The van der Waals surface area contributed by atoms with Gasteiger partial charge in [0.1, 0.15) is 5.75 Å². The van der Waals surface area contributed by atoms with Gasteiger partial charge in [-0.2, -0.15) is 0 Å². The highest BCUT2D eigenvalue weighted by atomic mass is 32.1. The molecule has 2 aromatic rings. The van der Waals surface area contributed by atoms with Gasteiger partial charge in [0.05, 0.1) is 18.0 Å². The highest BCUT2D eigenvalue weighted by Gasteiger charge is 2.03. The Labute approximate surface area is 128 Å². The van der Waals surface area contributed by atoms with Crippen molar-refractivity contribution in [2.75, 3.05) is 18.9 Å². The van der Waals surface area contributed by atoms with E-state index in [0.717, 1.165) is 22.9 Å². The molecule has 1 aromatic heterocycles. The minimum atomic E-state index is -0.0151. The van der Waals surface area contributed by atoms with Crippen molar-refractivity contribution in [2.45, 2.75) is 19.8 Å². The van der Waals surface area contributed by atoms with Crippen LogP contribution in [0.25, 0.3) is 0 Å². The summed E-state index contributed by atoms with van der Waals surface area (Å²) in [4.78, 5) is 16.0. The van der Waals surface area contributed by atoms with Crippen LogP contribution in [0.4, 0.5) is 5.69 Å². The van der Waals surface area contributed by atoms with Gasteiger partial charge in [0.15, 0.2) is 0 Å². The standard InChI is InChI=1S/C15H19N3O2S/c1-11-10-21-15(18-11)6-8-17-14(19)7-9-20-13-4-2-12(16)3-5-13/h2-5,10H,6-9,16H2,1H3,(H,17,19). The molecule has 0 spiro atoms. The van der Waals surface area contributed by atoms with Crippen molar-refractivity contribution in [3.8, 4) is 5.75 Å². The Morgan fingerprint density at radius 1 is 1.38 bits per heavy atom. The third kappa shape index (κ3) is 5.43. The highest BCUT2D eigenvalue weighted by Crippen LogP contribution is 2.13. The maximum absolute atomic E-state index is 11.7. The topological polar surface area (TPSA) is 77.2 Å². The number of hydrogen-bond acceptors (Lipinski definition) is 5. The quantitative estimate of drug-likeness (QED) is 0.769. The van der Waals surface area contributed by atoms with Crippen molar-refractivity contribution in [1.82, 2.24) is 10.3 Å². The molecule has 0 aliphatic heterocycles. The van der Waals surface area contributed by atoms with Gasteiger partial charge in [-0.05, 0) is 31.2 Å². The number of carbonyl (C=O) groups excluding carboxylic acids is 1. The van der Waals surface area contributed by atoms with Crippen molar-refractivity contribution in [3.05, 3.63) is 40.3 Å². The first-order valence-electron chi connectivity index (χ1n) is 6.79. The summed E-state index contributed by atoms with van der Waals surface area (Å²) >= 11 is 1.62. The number of nitrogen functional groups attached to an aromatic ring is 1. The van der Waals surface area contributed by atoms with E-state index in [9.17, 15) is 4.79 Å². The van der Waals surface area contributed by atoms with E-state index in [1.807, 2.05) is 12.3 Å². The van der Waals surface area contributed by atoms with Crippen LogP contribution in [0.5, 0.6) is 5.75 Å². The number of carbonyl (C=O) groups is 1. The summed E-state index contributed by atoms with van der Waals surface area (Å²) < 4.78 is 5.47. The largest absolute Gasteiger partial charge is 0.493 e. The van der Waals surface area contributed by atoms with Gasteiger partial charge in [0.2, 0.25) is 5.91 Å². The number of aromatic nitrogens is 1. The molecule has 0 fully saturated rings. The number of nitrogens with two attached hydrogens (primary N) is 1. The normalized spacial score (nSPS) is 10.3. The second-order valence-electron chi connectivity index (χ2n) is 4.65. The van der Waals surface area contributed by atoms with E-state index in [2.05, 4.69) is 10.3 Å². The molecule has 5 nitrogen and oxygen atoms in total. The Morgan fingerprint density at radius 2 is 2.14 bits per heavy atom. The Bertz CT molecular complexity index is 581. The van der Waals surface area contributed by atoms with E-state index < -0.39 is 0 Å². The van der Waals surface area contributed by atoms with Crippen LogP contribution in [0.3, 0.4) is 0 Å². The number of nitrogens with zero attached hydrogens (tertiary/aromatic N) is 1. The molecule has 2 rings (SSSR count). The Balaban J connectivity index is 1.60. The van der Waals surface area contributed by atoms with Gasteiger partial charge in [-0.15, -0.1) is 11.3 Å². The van der Waals surface area contributed by atoms with Crippen LogP contribution in [0, 0.1) is 6.92 Å². The minimum Gasteiger partial charge on any atom is -0.493 e. The van der Waals surface area contributed by atoms with Crippen LogP contribution in [-0.2, 0) is 11.2 Å². The van der Waals surface area contributed by atoms with Gasteiger partial charge in [-0.25, -0.2) is 4.98 Å². The van der Waals surface area contributed by atoms with Crippen molar-refractivity contribution < 1.29 is 9.53 Å². The molecular formula is C15H19N3O2S. The van der Waals surface area contributed by atoms with Crippen LogP contribution in [0.1, 0.15) is 17.1 Å². The molecule has 3 N–H and O–H groups in total. The number of aryl methyl sites for hydroxylation is 1. The average Bonchev–Trinajstić information content (AvgIpc) is 2.87. The number of rotatable bonds is 7. The first kappa shape index (κ1) is 15.3. The summed E-state index contributed by atoms with van der Waals surface area (Å²) in [6.07, 6.45) is 1.10. The average molecular weight is 305 g/mol. The summed E-state index contributed by atoms with van der Waals surface area (Å²) in [5.74, 6) is 0.703. The predicted octanol–water partition coefficient (Wildman–Crippen LogP) is 2.16. The number of thiazole rings is 1. The van der Waals surface area contributed by atoms with E-state index in [1.165, 1.54) is 0 Å². The molecule has 1 heterocycles. The van der Waals surface area contributed by atoms with Gasteiger partial charge >= 0.3 is 0 Å². The van der Waals surface area contributed by atoms with Crippen molar-refractivity contribution in [2.24, 2.45) is 0 Å². The molecule has 0 saturated carbocycles. The fourth-order valence-electron chi connectivity index (χ4n) is 1.74. The third-order valence-electron chi connectivity index (χ3n) is 2.81. The molecule has 0 aliphatic carbocycles. The number of hydrogen-bond donors (Lipinski definition) is 2. The maximum atomic E-state index is 11.7. The number of ether oxygens (including phenoxy) is 1. The number of nitrogens with one attached hydrogen (secondary N) is 1. The molecule has 112 valence electrons. The molecular weight excluding hydrogens is 286 g/mol. The van der Waals surface area contributed by atoms with Gasteiger partial charge in [0, 0.05) is 29.7 Å². The molecule has 1 aromatic carbocycles. The van der Waals surface area contributed by atoms with E-state index in [-0.39, 0.29) is 5.91 Å². The zero-order valence-corrected chi connectivity index (χ0v) is 12.8. The lowest BCUT2D eigenvalue weighted by Gasteiger charge is -2.07. The summed E-state index contributed by atoms with van der Waals surface area (Å²) in [6.45, 7) is 2.92. The first-order chi connectivity index (χ1) is 10.1. The van der Waals surface area contributed by atoms with Gasteiger partial charge < -0.3 is 15.8 Å². The van der Waals surface area contributed by atoms with Crippen molar-refractivity contribution in [3.63, 3.8) is 0 Å². The van der Waals surface area contributed by atoms with E-state index in [4.69, 9.17) is 10.5 Å². The first-order valence-corrected chi connectivity index (χ1v) is 7.67. The molecule has 1 amide bonds. The summed E-state index contributed by atoms with van der Waals surface area (Å²) in [5, 5.41) is 5.92. The third-order valence-corrected chi connectivity index (χ3v) is 3.83. The maximum Gasteiger partial charge on any atom is 0.223 e. The van der Waals surface area contributed by atoms with E-state index in [0.29, 0.717) is 25.3 Å². The lowest BCUT2D eigenvalue weighted by atomic mass is 10.3. The van der Waals surface area contributed by atoms with Crippen LogP contribution >= 0.6 is 11.3 Å². The zero-order chi connectivity index (χ0) is 15.1. The molecule has 0 unspecified atom stereocenters. The molecule has 0 bridgehead atoms. The van der Waals surface area contributed by atoms with Gasteiger partial charge in [-0.1, -0.05) is 0 Å². The Kier molecular flexibility index (Phi) is 5.57. The SMILES string of the molecule is Cc1csc(CCNC(=O)CCOc2ccc(N)cc2)n1. The van der Waals surface area contributed by atoms with Crippen LogP contribution in [-0.4, -0.2) is 24.0 Å².